The van der Waals surface area contributed by atoms with Gasteiger partial charge in [-0.3, -0.25) is 0 Å². The van der Waals surface area contributed by atoms with E-state index >= 15 is 0 Å². The topological polar surface area (TPSA) is 41.5 Å². The molecule has 0 saturated heterocycles. The molecule has 0 aliphatic rings. The summed E-state index contributed by atoms with van der Waals surface area (Å²) in [6, 6.07) is 6.63. The number of thioether (sulfide) groups is 1. The average Bonchev–Trinajstić information content (AvgIpc) is 2.46. The maximum atomic E-state index is 8.86. The molecule has 0 radical (unpaired) electrons. The second kappa shape index (κ2) is 10.1. The van der Waals surface area contributed by atoms with Gasteiger partial charge in [-0.05, 0) is 38.1 Å². The molecule has 1 atom stereocenters. The van der Waals surface area contributed by atoms with Crippen molar-refractivity contribution in [2.75, 3.05) is 31.8 Å². The first-order valence-corrected chi connectivity index (χ1v) is 8.44. The van der Waals surface area contributed by atoms with E-state index in [4.69, 9.17) is 9.84 Å². The van der Waals surface area contributed by atoms with E-state index in [9.17, 15) is 0 Å². The number of aryl methyl sites for hydroxylation is 1. The van der Waals surface area contributed by atoms with Gasteiger partial charge in [0.1, 0.15) is 5.75 Å². The third-order valence-electron chi connectivity index (χ3n) is 3.13. The highest BCUT2D eigenvalue weighted by Gasteiger charge is 2.15. The third kappa shape index (κ3) is 5.73. The van der Waals surface area contributed by atoms with Gasteiger partial charge in [0.25, 0.3) is 0 Å². The van der Waals surface area contributed by atoms with Crippen LogP contribution in [-0.2, 0) is 0 Å². The number of aliphatic hydroxyl groups excluding tert-OH is 1. The zero-order chi connectivity index (χ0) is 14.8. The molecule has 0 saturated carbocycles. The summed E-state index contributed by atoms with van der Waals surface area (Å²) in [6.07, 6.45) is 1.97. The van der Waals surface area contributed by atoms with Gasteiger partial charge in [-0.2, -0.15) is 11.8 Å². The summed E-state index contributed by atoms with van der Waals surface area (Å²) < 4.78 is 5.50. The molecule has 20 heavy (non-hydrogen) atoms. The van der Waals surface area contributed by atoms with Crippen LogP contribution in [0.25, 0.3) is 0 Å². The standard InChI is InChI=1S/C16H27NO2S/c1-4-8-17-15(12-20-10-5-9-18)14-11-13(2)6-7-16(14)19-3/h6-7,11,15,17-18H,4-5,8-10,12H2,1-3H3. The number of aliphatic hydroxyl groups is 1. The van der Waals surface area contributed by atoms with E-state index in [1.54, 1.807) is 7.11 Å². The first-order chi connectivity index (χ1) is 9.72. The second-order valence-electron chi connectivity index (χ2n) is 4.90. The van der Waals surface area contributed by atoms with Crippen molar-refractivity contribution in [3.8, 4) is 5.75 Å². The van der Waals surface area contributed by atoms with Crippen LogP contribution in [0.2, 0.25) is 0 Å². The molecule has 1 unspecified atom stereocenters. The Balaban J connectivity index is 2.77. The molecule has 0 heterocycles. The van der Waals surface area contributed by atoms with Gasteiger partial charge in [0.15, 0.2) is 0 Å². The molecular formula is C16H27NO2S. The minimum atomic E-state index is 0.272. The number of hydrogen-bond acceptors (Lipinski definition) is 4. The molecule has 0 amide bonds. The van der Waals surface area contributed by atoms with Crippen LogP contribution in [0.5, 0.6) is 5.75 Å². The van der Waals surface area contributed by atoms with E-state index in [0.717, 1.165) is 36.6 Å². The van der Waals surface area contributed by atoms with Crippen LogP contribution in [0.3, 0.4) is 0 Å². The molecule has 114 valence electrons. The molecule has 1 aromatic rings. The van der Waals surface area contributed by atoms with Gasteiger partial charge >= 0.3 is 0 Å². The molecule has 0 bridgehead atoms. The van der Waals surface area contributed by atoms with Crippen LogP contribution in [-0.4, -0.2) is 36.9 Å². The Morgan fingerprint density at radius 1 is 1.40 bits per heavy atom. The molecule has 0 fully saturated rings. The van der Waals surface area contributed by atoms with Crippen LogP contribution in [0.4, 0.5) is 0 Å². The van der Waals surface area contributed by atoms with E-state index in [1.165, 1.54) is 11.1 Å². The van der Waals surface area contributed by atoms with Gasteiger partial charge in [-0.25, -0.2) is 0 Å². The van der Waals surface area contributed by atoms with Crippen LogP contribution >= 0.6 is 11.8 Å². The number of ether oxygens (including phenoxy) is 1. The minimum Gasteiger partial charge on any atom is -0.496 e. The largest absolute Gasteiger partial charge is 0.496 e. The number of benzene rings is 1. The van der Waals surface area contributed by atoms with Crippen molar-refractivity contribution in [2.24, 2.45) is 0 Å². The number of rotatable bonds is 10. The molecule has 4 heteroatoms. The highest BCUT2D eigenvalue weighted by atomic mass is 32.2. The monoisotopic (exact) mass is 297 g/mol. The molecule has 2 N–H and O–H groups in total. The van der Waals surface area contributed by atoms with Gasteiger partial charge in [0.2, 0.25) is 0 Å². The molecule has 0 aromatic heterocycles. The Bertz CT molecular complexity index is 385. The fraction of sp³-hybridized carbons (Fsp3) is 0.625. The van der Waals surface area contributed by atoms with Gasteiger partial charge in [0.05, 0.1) is 7.11 Å². The summed E-state index contributed by atoms with van der Waals surface area (Å²) in [6.45, 7) is 5.56. The van der Waals surface area contributed by atoms with Gasteiger partial charge in [0, 0.05) is 24.0 Å². The quantitative estimate of drug-likeness (QED) is 0.651. The highest BCUT2D eigenvalue weighted by molar-refractivity contribution is 7.99. The van der Waals surface area contributed by atoms with Gasteiger partial charge < -0.3 is 15.2 Å². The maximum absolute atomic E-state index is 8.86. The zero-order valence-electron chi connectivity index (χ0n) is 12.8. The van der Waals surface area contributed by atoms with E-state index in [2.05, 4.69) is 31.3 Å². The molecule has 1 rings (SSSR count). The maximum Gasteiger partial charge on any atom is 0.123 e. The summed E-state index contributed by atoms with van der Waals surface area (Å²) >= 11 is 1.88. The first kappa shape index (κ1) is 17.3. The molecule has 0 spiro atoms. The Kier molecular flexibility index (Phi) is 8.74. The van der Waals surface area contributed by atoms with E-state index < -0.39 is 0 Å². The van der Waals surface area contributed by atoms with Crippen molar-refractivity contribution >= 4 is 11.8 Å². The summed E-state index contributed by atoms with van der Waals surface area (Å²) in [5, 5.41) is 12.5. The lowest BCUT2D eigenvalue weighted by atomic mass is 10.0. The molecular weight excluding hydrogens is 270 g/mol. The van der Waals surface area contributed by atoms with E-state index in [0.29, 0.717) is 6.04 Å². The second-order valence-corrected chi connectivity index (χ2v) is 6.05. The van der Waals surface area contributed by atoms with Crippen molar-refractivity contribution in [1.82, 2.24) is 5.32 Å². The van der Waals surface area contributed by atoms with E-state index in [-0.39, 0.29) is 6.61 Å². The van der Waals surface area contributed by atoms with Crippen LogP contribution in [0, 0.1) is 6.92 Å². The molecule has 1 aromatic carbocycles. The fourth-order valence-corrected chi connectivity index (χ4v) is 3.10. The van der Waals surface area contributed by atoms with Crippen LogP contribution < -0.4 is 10.1 Å². The van der Waals surface area contributed by atoms with Crippen molar-refractivity contribution in [3.63, 3.8) is 0 Å². The van der Waals surface area contributed by atoms with Crippen molar-refractivity contribution < 1.29 is 9.84 Å². The average molecular weight is 297 g/mol. The Morgan fingerprint density at radius 2 is 2.20 bits per heavy atom. The van der Waals surface area contributed by atoms with Gasteiger partial charge in [-0.15, -0.1) is 0 Å². The summed E-state index contributed by atoms with van der Waals surface area (Å²) in [5.41, 5.74) is 2.49. The molecule has 0 aliphatic heterocycles. The SMILES string of the molecule is CCCNC(CSCCCO)c1cc(C)ccc1OC. The number of hydrogen-bond donors (Lipinski definition) is 2. The van der Waals surface area contributed by atoms with E-state index in [1.807, 2.05) is 17.8 Å². The lowest BCUT2D eigenvalue weighted by Gasteiger charge is -2.21. The summed E-state index contributed by atoms with van der Waals surface area (Å²) in [5.74, 6) is 2.95. The van der Waals surface area contributed by atoms with Crippen molar-refractivity contribution in [3.05, 3.63) is 29.3 Å². The Labute approximate surface area is 127 Å². The number of nitrogens with one attached hydrogen (secondary N) is 1. The summed E-state index contributed by atoms with van der Waals surface area (Å²) in [7, 11) is 1.73. The normalized spacial score (nSPS) is 12.4. The van der Waals surface area contributed by atoms with Gasteiger partial charge in [-0.1, -0.05) is 24.6 Å². The zero-order valence-corrected chi connectivity index (χ0v) is 13.6. The third-order valence-corrected chi connectivity index (χ3v) is 4.28. The number of methoxy groups -OCH3 is 1. The smallest absolute Gasteiger partial charge is 0.123 e. The lowest BCUT2D eigenvalue weighted by Crippen LogP contribution is -2.25. The lowest BCUT2D eigenvalue weighted by molar-refractivity contribution is 0.296. The first-order valence-electron chi connectivity index (χ1n) is 7.29. The highest BCUT2D eigenvalue weighted by Crippen LogP contribution is 2.28. The summed E-state index contributed by atoms with van der Waals surface area (Å²) in [4.78, 5) is 0. The molecule has 0 aliphatic carbocycles. The Morgan fingerprint density at radius 3 is 2.85 bits per heavy atom. The van der Waals surface area contributed by atoms with Crippen molar-refractivity contribution in [2.45, 2.75) is 32.7 Å². The predicted octanol–water partition coefficient (Wildman–Crippen LogP) is 3.16. The van der Waals surface area contributed by atoms with Crippen LogP contribution in [0.15, 0.2) is 18.2 Å². The minimum absolute atomic E-state index is 0.272. The van der Waals surface area contributed by atoms with Crippen molar-refractivity contribution in [1.29, 1.82) is 0 Å². The van der Waals surface area contributed by atoms with Crippen LogP contribution in [0.1, 0.15) is 36.9 Å². The fourth-order valence-electron chi connectivity index (χ4n) is 2.07. The molecule has 3 nitrogen and oxygen atoms in total. The predicted molar refractivity (Wildman–Crippen MR) is 87.8 cm³/mol. The Hall–Kier alpha value is -0.710.